The van der Waals surface area contributed by atoms with E-state index in [1.54, 1.807) is 13.2 Å². The van der Waals surface area contributed by atoms with E-state index in [9.17, 15) is 0 Å². The van der Waals surface area contributed by atoms with Crippen molar-refractivity contribution in [1.82, 2.24) is 25.4 Å². The van der Waals surface area contributed by atoms with Gasteiger partial charge in [0.15, 0.2) is 11.7 Å². The van der Waals surface area contributed by atoms with E-state index in [4.69, 9.17) is 4.42 Å². The van der Waals surface area contributed by atoms with Crippen LogP contribution in [0, 0.1) is 13.8 Å². The normalized spacial score (nSPS) is 12.8. The van der Waals surface area contributed by atoms with Gasteiger partial charge in [-0.25, -0.2) is 4.98 Å². The zero-order valence-corrected chi connectivity index (χ0v) is 17.2. The number of benzene rings is 1. The highest BCUT2D eigenvalue weighted by Gasteiger charge is 2.14. The van der Waals surface area contributed by atoms with Gasteiger partial charge in [0.2, 0.25) is 5.89 Å². The Morgan fingerprint density at radius 2 is 2.00 bits per heavy atom. The number of nitrogens with one attached hydrogen (secondary N) is 2. The van der Waals surface area contributed by atoms with Crippen LogP contribution in [0.1, 0.15) is 29.8 Å². The highest BCUT2D eigenvalue weighted by Crippen LogP contribution is 2.19. The van der Waals surface area contributed by atoms with E-state index in [0.29, 0.717) is 18.4 Å². The molecule has 1 aromatic carbocycles. The van der Waals surface area contributed by atoms with Crippen LogP contribution in [0.4, 0.5) is 0 Å². The summed E-state index contributed by atoms with van der Waals surface area (Å²) in [5, 5.41) is 11.2. The third-order valence-electron chi connectivity index (χ3n) is 4.79. The van der Waals surface area contributed by atoms with Gasteiger partial charge in [0.05, 0.1) is 18.4 Å². The maximum atomic E-state index is 5.83. The van der Waals surface area contributed by atoms with Gasteiger partial charge in [-0.15, -0.1) is 0 Å². The van der Waals surface area contributed by atoms with Crippen molar-refractivity contribution in [2.75, 3.05) is 7.05 Å². The summed E-state index contributed by atoms with van der Waals surface area (Å²) in [6.45, 7) is 6.75. The fourth-order valence-corrected chi connectivity index (χ4v) is 3.19. The lowest BCUT2D eigenvalue weighted by atomic mass is 10.1. The molecule has 0 aliphatic carbocycles. The van der Waals surface area contributed by atoms with Gasteiger partial charge in [-0.2, -0.15) is 5.10 Å². The minimum Gasteiger partial charge on any atom is -0.439 e. The first-order valence-corrected chi connectivity index (χ1v) is 9.44. The molecular weight excluding hydrogens is 352 g/mol. The maximum absolute atomic E-state index is 5.83. The van der Waals surface area contributed by atoms with Crippen LogP contribution in [0.15, 0.2) is 45.9 Å². The number of rotatable bonds is 6. The molecule has 7 heteroatoms. The number of aromatic nitrogens is 3. The summed E-state index contributed by atoms with van der Waals surface area (Å²) in [5.74, 6) is 2.09. The lowest BCUT2D eigenvalue weighted by molar-refractivity contribution is 0.496. The summed E-state index contributed by atoms with van der Waals surface area (Å²) < 4.78 is 7.76. The molecule has 148 valence electrons. The second-order valence-electron chi connectivity index (χ2n) is 6.93. The molecule has 28 heavy (non-hydrogen) atoms. The molecule has 0 amide bonds. The highest BCUT2D eigenvalue weighted by atomic mass is 16.4. The Labute approximate surface area is 165 Å². The van der Waals surface area contributed by atoms with Gasteiger partial charge in [0.25, 0.3) is 0 Å². The smallest absolute Gasteiger partial charge is 0.214 e. The lowest BCUT2D eigenvalue weighted by Crippen LogP contribution is -2.42. The number of nitrogens with zero attached hydrogens (tertiary/aromatic N) is 4. The van der Waals surface area contributed by atoms with Crippen molar-refractivity contribution in [3.8, 4) is 11.3 Å². The van der Waals surface area contributed by atoms with Crippen LogP contribution in [0.2, 0.25) is 0 Å². The third kappa shape index (κ3) is 4.60. The lowest BCUT2D eigenvalue weighted by Gasteiger charge is -2.17. The van der Waals surface area contributed by atoms with E-state index < -0.39 is 0 Å². The standard InChI is InChI=1S/C21H28N6O/c1-14(11-18-15(2)26-27(5)16(18)3)25-21(22-4)24-13-20-23-12-19(28-20)17-9-7-6-8-10-17/h6-10,12,14H,11,13H2,1-5H3,(H2,22,24,25). The monoisotopic (exact) mass is 380 g/mol. The highest BCUT2D eigenvalue weighted by molar-refractivity contribution is 5.79. The van der Waals surface area contributed by atoms with E-state index in [0.717, 1.165) is 23.4 Å². The van der Waals surface area contributed by atoms with Crippen LogP contribution in [-0.4, -0.2) is 33.8 Å². The van der Waals surface area contributed by atoms with Crippen molar-refractivity contribution in [3.05, 3.63) is 59.4 Å². The second kappa shape index (κ2) is 8.73. The van der Waals surface area contributed by atoms with Crippen LogP contribution in [-0.2, 0) is 20.0 Å². The van der Waals surface area contributed by atoms with E-state index in [1.807, 2.05) is 42.1 Å². The molecule has 2 aromatic heterocycles. The minimum absolute atomic E-state index is 0.206. The molecule has 3 rings (SSSR count). The number of aliphatic imine (C=N–C) groups is 1. The fraction of sp³-hybridized carbons (Fsp3) is 0.381. The van der Waals surface area contributed by atoms with E-state index >= 15 is 0 Å². The first kappa shape index (κ1) is 19.7. The van der Waals surface area contributed by atoms with Crippen molar-refractivity contribution in [2.24, 2.45) is 12.0 Å². The summed E-state index contributed by atoms with van der Waals surface area (Å²) in [7, 11) is 3.73. The summed E-state index contributed by atoms with van der Waals surface area (Å²) in [4.78, 5) is 8.65. The Morgan fingerprint density at radius 3 is 2.64 bits per heavy atom. The Kier molecular flexibility index (Phi) is 6.13. The average Bonchev–Trinajstić information content (AvgIpc) is 3.26. The maximum Gasteiger partial charge on any atom is 0.214 e. The van der Waals surface area contributed by atoms with Crippen molar-refractivity contribution in [3.63, 3.8) is 0 Å². The molecule has 0 radical (unpaired) electrons. The Balaban J connectivity index is 1.55. The number of aryl methyl sites for hydroxylation is 2. The molecule has 0 bridgehead atoms. The Bertz CT molecular complexity index is 941. The predicted octanol–water partition coefficient (Wildman–Crippen LogP) is 2.99. The van der Waals surface area contributed by atoms with E-state index in [2.05, 4.69) is 46.5 Å². The molecule has 7 nitrogen and oxygen atoms in total. The minimum atomic E-state index is 0.206. The summed E-state index contributed by atoms with van der Waals surface area (Å²) in [6.07, 6.45) is 2.63. The molecule has 2 heterocycles. The molecular formula is C21H28N6O. The van der Waals surface area contributed by atoms with E-state index in [1.165, 1.54) is 11.3 Å². The van der Waals surface area contributed by atoms with Crippen molar-refractivity contribution in [2.45, 2.75) is 39.8 Å². The first-order valence-electron chi connectivity index (χ1n) is 9.44. The quantitative estimate of drug-likeness (QED) is 0.508. The number of guanidine groups is 1. The zero-order chi connectivity index (χ0) is 20.1. The van der Waals surface area contributed by atoms with Gasteiger partial charge in [-0.05, 0) is 32.8 Å². The first-order chi connectivity index (χ1) is 13.5. The molecule has 1 unspecified atom stereocenters. The largest absolute Gasteiger partial charge is 0.439 e. The van der Waals surface area contributed by atoms with Crippen LogP contribution in [0.25, 0.3) is 11.3 Å². The van der Waals surface area contributed by atoms with Gasteiger partial charge >= 0.3 is 0 Å². The van der Waals surface area contributed by atoms with Crippen molar-refractivity contribution in [1.29, 1.82) is 0 Å². The second-order valence-corrected chi connectivity index (χ2v) is 6.93. The van der Waals surface area contributed by atoms with Crippen molar-refractivity contribution < 1.29 is 4.42 Å². The van der Waals surface area contributed by atoms with Crippen LogP contribution in [0.3, 0.4) is 0 Å². The molecule has 0 saturated heterocycles. The summed E-state index contributed by atoms with van der Waals surface area (Å²) in [6, 6.07) is 10.2. The van der Waals surface area contributed by atoms with Crippen LogP contribution in [0.5, 0.6) is 0 Å². The van der Waals surface area contributed by atoms with Crippen molar-refractivity contribution >= 4 is 5.96 Å². The van der Waals surface area contributed by atoms with Crippen LogP contribution >= 0.6 is 0 Å². The molecule has 0 spiro atoms. The van der Waals surface area contributed by atoms with Gasteiger partial charge < -0.3 is 15.1 Å². The Hall–Kier alpha value is -3.09. The summed E-state index contributed by atoms with van der Waals surface area (Å²) in [5.41, 5.74) is 4.56. The molecule has 0 saturated carbocycles. The number of oxazole rings is 1. The third-order valence-corrected chi connectivity index (χ3v) is 4.79. The zero-order valence-electron chi connectivity index (χ0n) is 17.2. The van der Waals surface area contributed by atoms with Gasteiger partial charge in [0.1, 0.15) is 0 Å². The number of hydrogen-bond donors (Lipinski definition) is 2. The van der Waals surface area contributed by atoms with E-state index in [-0.39, 0.29) is 6.04 Å². The molecule has 1 atom stereocenters. The molecule has 3 aromatic rings. The molecule has 0 fully saturated rings. The molecule has 0 aliphatic heterocycles. The van der Waals surface area contributed by atoms with Gasteiger partial charge in [0, 0.05) is 31.4 Å². The van der Waals surface area contributed by atoms with Gasteiger partial charge in [-0.1, -0.05) is 30.3 Å². The number of hydrogen-bond acceptors (Lipinski definition) is 4. The SMILES string of the molecule is CN=C(NCc1ncc(-c2ccccc2)o1)NC(C)Cc1c(C)nn(C)c1C. The fourth-order valence-electron chi connectivity index (χ4n) is 3.19. The predicted molar refractivity (Wildman–Crippen MR) is 111 cm³/mol. The average molecular weight is 380 g/mol. The van der Waals surface area contributed by atoms with Gasteiger partial charge in [-0.3, -0.25) is 9.67 Å². The molecule has 0 aliphatic rings. The Morgan fingerprint density at radius 1 is 1.25 bits per heavy atom. The topological polar surface area (TPSA) is 80.3 Å². The molecule has 2 N–H and O–H groups in total. The summed E-state index contributed by atoms with van der Waals surface area (Å²) >= 11 is 0. The van der Waals surface area contributed by atoms with Crippen LogP contribution < -0.4 is 10.6 Å².